The lowest BCUT2D eigenvalue weighted by molar-refractivity contribution is -0.143. The maximum Gasteiger partial charge on any atom is 0.313 e. The number of benzene rings is 1. The SMILES string of the molecule is COC(=O)CC(=O)C[C@H](O)CS(=O)c1ccc(C)cc1. The summed E-state index contributed by atoms with van der Waals surface area (Å²) in [6.45, 7) is 1.92. The Morgan fingerprint density at radius 1 is 1.30 bits per heavy atom. The highest BCUT2D eigenvalue weighted by Crippen LogP contribution is 2.11. The van der Waals surface area contributed by atoms with Crippen LogP contribution >= 0.6 is 0 Å². The fourth-order valence-electron chi connectivity index (χ4n) is 1.59. The molecule has 0 aliphatic heterocycles. The Kier molecular flexibility index (Phi) is 6.54. The van der Waals surface area contributed by atoms with Crippen LogP contribution in [0.15, 0.2) is 29.2 Å². The maximum atomic E-state index is 12.0. The molecule has 6 heteroatoms. The van der Waals surface area contributed by atoms with Crippen LogP contribution in [0.4, 0.5) is 0 Å². The maximum absolute atomic E-state index is 12.0. The second-order valence-electron chi connectivity index (χ2n) is 4.47. The van der Waals surface area contributed by atoms with E-state index in [0.717, 1.165) is 5.56 Å². The van der Waals surface area contributed by atoms with Gasteiger partial charge in [-0.15, -0.1) is 0 Å². The predicted molar refractivity (Wildman–Crippen MR) is 74.7 cm³/mol. The molecule has 0 fully saturated rings. The molecule has 20 heavy (non-hydrogen) atoms. The number of hydrogen-bond acceptors (Lipinski definition) is 5. The first-order valence-electron chi connectivity index (χ1n) is 6.14. The molecule has 1 rings (SSSR count). The van der Waals surface area contributed by atoms with Gasteiger partial charge in [0, 0.05) is 11.3 Å². The van der Waals surface area contributed by atoms with Crippen LogP contribution in [0.1, 0.15) is 18.4 Å². The monoisotopic (exact) mass is 298 g/mol. The third kappa shape index (κ3) is 5.63. The number of carbonyl (C=O) groups is 2. The fourth-order valence-corrected chi connectivity index (χ4v) is 2.69. The summed E-state index contributed by atoms with van der Waals surface area (Å²) in [5.41, 5.74) is 1.06. The van der Waals surface area contributed by atoms with Crippen molar-refractivity contribution in [3.63, 3.8) is 0 Å². The summed E-state index contributed by atoms with van der Waals surface area (Å²) in [5, 5.41) is 9.73. The van der Waals surface area contributed by atoms with Crippen LogP contribution in [0.5, 0.6) is 0 Å². The van der Waals surface area contributed by atoms with Crippen molar-refractivity contribution in [1.29, 1.82) is 0 Å². The molecule has 1 unspecified atom stereocenters. The molecule has 0 aliphatic rings. The van der Waals surface area contributed by atoms with Gasteiger partial charge >= 0.3 is 5.97 Å². The average molecular weight is 298 g/mol. The Morgan fingerprint density at radius 2 is 1.90 bits per heavy atom. The molecule has 0 aliphatic carbocycles. The number of hydrogen-bond donors (Lipinski definition) is 1. The van der Waals surface area contributed by atoms with E-state index in [0.29, 0.717) is 4.90 Å². The first kappa shape index (κ1) is 16.5. The molecule has 1 N–H and O–H groups in total. The van der Waals surface area contributed by atoms with Gasteiger partial charge in [-0.05, 0) is 19.1 Å². The van der Waals surface area contributed by atoms with E-state index in [2.05, 4.69) is 4.74 Å². The normalized spacial score (nSPS) is 13.6. The molecule has 0 bridgehead atoms. The van der Waals surface area contributed by atoms with Crippen LogP contribution in [-0.2, 0) is 25.1 Å². The van der Waals surface area contributed by atoms with E-state index < -0.39 is 28.7 Å². The zero-order valence-electron chi connectivity index (χ0n) is 11.5. The van der Waals surface area contributed by atoms with Crippen molar-refractivity contribution in [2.24, 2.45) is 0 Å². The quantitative estimate of drug-likeness (QED) is 0.599. The van der Waals surface area contributed by atoms with Gasteiger partial charge in [0.05, 0.1) is 29.8 Å². The van der Waals surface area contributed by atoms with E-state index in [9.17, 15) is 18.9 Å². The number of aliphatic hydroxyl groups is 1. The summed E-state index contributed by atoms with van der Waals surface area (Å²) in [6, 6.07) is 7.13. The van der Waals surface area contributed by atoms with Crippen molar-refractivity contribution < 1.29 is 23.6 Å². The zero-order valence-corrected chi connectivity index (χ0v) is 12.3. The molecular formula is C14H18O5S. The molecule has 0 amide bonds. The molecule has 0 spiro atoms. The molecule has 2 atom stereocenters. The molecule has 5 nitrogen and oxygen atoms in total. The van der Waals surface area contributed by atoms with Crippen molar-refractivity contribution >= 4 is 22.6 Å². The summed E-state index contributed by atoms with van der Waals surface area (Å²) in [7, 11) is -0.178. The molecule has 110 valence electrons. The summed E-state index contributed by atoms with van der Waals surface area (Å²) >= 11 is 0. The van der Waals surface area contributed by atoms with Gasteiger partial charge in [-0.25, -0.2) is 0 Å². The lowest BCUT2D eigenvalue weighted by Crippen LogP contribution is -2.22. The first-order valence-corrected chi connectivity index (χ1v) is 7.46. The van der Waals surface area contributed by atoms with Crippen molar-refractivity contribution in [3.8, 4) is 0 Å². The summed E-state index contributed by atoms with van der Waals surface area (Å²) < 4.78 is 16.3. The van der Waals surface area contributed by atoms with Gasteiger partial charge in [-0.1, -0.05) is 17.7 Å². The van der Waals surface area contributed by atoms with Crippen LogP contribution in [-0.4, -0.2) is 40.0 Å². The topological polar surface area (TPSA) is 80.7 Å². The Labute approximate surface area is 120 Å². The smallest absolute Gasteiger partial charge is 0.313 e. The van der Waals surface area contributed by atoms with Crippen LogP contribution in [0, 0.1) is 6.92 Å². The Balaban J connectivity index is 2.47. The minimum Gasteiger partial charge on any atom is -0.469 e. The Bertz CT molecular complexity index is 495. The van der Waals surface area contributed by atoms with Gasteiger partial charge < -0.3 is 9.84 Å². The highest BCUT2D eigenvalue weighted by molar-refractivity contribution is 7.85. The lowest BCUT2D eigenvalue weighted by atomic mass is 10.1. The number of carbonyl (C=O) groups excluding carboxylic acids is 2. The lowest BCUT2D eigenvalue weighted by Gasteiger charge is -2.09. The van der Waals surface area contributed by atoms with Crippen molar-refractivity contribution in [3.05, 3.63) is 29.8 Å². The van der Waals surface area contributed by atoms with E-state index in [4.69, 9.17) is 0 Å². The number of methoxy groups -OCH3 is 1. The van der Waals surface area contributed by atoms with Gasteiger partial charge in [-0.3, -0.25) is 13.8 Å². The standard InChI is InChI=1S/C14H18O5S/c1-10-3-5-13(6-4-10)20(18)9-12(16)7-11(15)8-14(17)19-2/h3-6,12,16H,7-9H2,1-2H3/t12-,20?/m0/s1. The van der Waals surface area contributed by atoms with E-state index in [1.165, 1.54) is 7.11 Å². The zero-order chi connectivity index (χ0) is 15.1. The van der Waals surface area contributed by atoms with Crippen molar-refractivity contribution in [1.82, 2.24) is 0 Å². The van der Waals surface area contributed by atoms with Gasteiger partial charge in [0.2, 0.25) is 0 Å². The van der Waals surface area contributed by atoms with Crippen LogP contribution in [0.25, 0.3) is 0 Å². The highest BCUT2D eigenvalue weighted by Gasteiger charge is 2.17. The third-order valence-electron chi connectivity index (χ3n) is 2.66. The fraction of sp³-hybridized carbons (Fsp3) is 0.429. The van der Waals surface area contributed by atoms with E-state index >= 15 is 0 Å². The predicted octanol–water partition coefficient (Wildman–Crippen LogP) is 0.986. The number of Topliss-reactive ketones (excluding diaryl/α,β-unsaturated/α-hetero) is 1. The van der Waals surface area contributed by atoms with Crippen LogP contribution < -0.4 is 0 Å². The highest BCUT2D eigenvalue weighted by atomic mass is 32.2. The van der Waals surface area contributed by atoms with Crippen molar-refractivity contribution in [2.75, 3.05) is 12.9 Å². The molecule has 0 saturated carbocycles. The summed E-state index contributed by atoms with van der Waals surface area (Å²) in [5.74, 6) is -1.09. The number of esters is 1. The van der Waals surface area contributed by atoms with E-state index in [1.807, 2.05) is 19.1 Å². The number of ether oxygens (including phenoxy) is 1. The molecule has 0 saturated heterocycles. The van der Waals surface area contributed by atoms with Crippen LogP contribution in [0.3, 0.4) is 0 Å². The Hall–Kier alpha value is -1.53. The summed E-state index contributed by atoms with van der Waals surface area (Å²) in [4.78, 5) is 22.9. The summed E-state index contributed by atoms with van der Waals surface area (Å²) in [6.07, 6.45) is -1.61. The minimum absolute atomic E-state index is 0.0318. The van der Waals surface area contributed by atoms with Gasteiger partial charge in [0.15, 0.2) is 0 Å². The molecule has 0 aromatic heterocycles. The number of aryl methyl sites for hydroxylation is 1. The molecule has 0 heterocycles. The molecule has 1 aromatic rings. The number of ketones is 1. The van der Waals surface area contributed by atoms with Gasteiger partial charge in [0.25, 0.3) is 0 Å². The van der Waals surface area contributed by atoms with E-state index in [1.54, 1.807) is 12.1 Å². The Morgan fingerprint density at radius 3 is 2.45 bits per heavy atom. The number of rotatable bonds is 7. The second-order valence-corrected chi connectivity index (χ2v) is 5.97. The van der Waals surface area contributed by atoms with Crippen LogP contribution in [0.2, 0.25) is 0 Å². The molecule has 0 radical (unpaired) electrons. The molecule has 1 aromatic carbocycles. The average Bonchev–Trinajstić information content (AvgIpc) is 2.38. The first-order chi connectivity index (χ1) is 9.42. The van der Waals surface area contributed by atoms with Gasteiger partial charge in [0.1, 0.15) is 12.2 Å². The van der Waals surface area contributed by atoms with Gasteiger partial charge in [-0.2, -0.15) is 0 Å². The minimum atomic E-state index is -1.37. The second kappa shape index (κ2) is 7.91. The third-order valence-corrected chi connectivity index (χ3v) is 4.15. The van der Waals surface area contributed by atoms with Crippen molar-refractivity contribution in [2.45, 2.75) is 30.8 Å². The molecular weight excluding hydrogens is 280 g/mol. The number of aliphatic hydroxyl groups excluding tert-OH is 1. The van der Waals surface area contributed by atoms with E-state index in [-0.39, 0.29) is 18.6 Å². The largest absolute Gasteiger partial charge is 0.469 e.